The molecule has 0 aromatic heterocycles. The Bertz CT molecular complexity index is 105. The van der Waals surface area contributed by atoms with E-state index in [1.807, 2.05) is 0 Å². The molecule has 1 aliphatic rings. The fourth-order valence-electron chi connectivity index (χ4n) is 1.09. The van der Waals surface area contributed by atoms with Crippen LogP contribution in [-0.2, 0) is 0 Å². The van der Waals surface area contributed by atoms with Gasteiger partial charge in [0, 0.05) is 0 Å². The summed E-state index contributed by atoms with van der Waals surface area (Å²) < 4.78 is 37.1. The molecule has 1 heterocycles. The van der Waals surface area contributed by atoms with Gasteiger partial charge in [0.15, 0.2) is 0 Å². The van der Waals surface area contributed by atoms with Crippen LogP contribution in [0.25, 0.3) is 0 Å². The molecule has 9 heavy (non-hydrogen) atoms. The van der Waals surface area contributed by atoms with E-state index in [-0.39, 0.29) is 0 Å². The molecule has 0 radical (unpaired) electrons. The third-order valence-electron chi connectivity index (χ3n) is 1.64. The monoisotopic (exact) mass is 158 g/mol. The molecule has 0 nitrogen and oxygen atoms in total. The van der Waals surface area contributed by atoms with E-state index in [9.17, 15) is 12.6 Å². The van der Waals surface area contributed by atoms with Gasteiger partial charge in [-0.05, 0) is 0 Å². The van der Waals surface area contributed by atoms with E-state index in [1.54, 1.807) is 0 Å². The van der Waals surface area contributed by atoms with Crippen molar-refractivity contribution in [1.29, 1.82) is 0 Å². The zero-order valence-electron chi connectivity index (χ0n) is 5.12. The summed E-state index contributed by atoms with van der Waals surface area (Å²) in [5.74, 6) is 0. The predicted molar refractivity (Wildman–Crippen MR) is 33.8 cm³/mol. The van der Waals surface area contributed by atoms with Gasteiger partial charge in [0.25, 0.3) is 0 Å². The van der Waals surface area contributed by atoms with Crippen LogP contribution in [0.4, 0.5) is 12.6 Å². The second kappa shape index (κ2) is 1.85. The first-order valence-electron chi connectivity index (χ1n) is 3.14. The number of halogens is 3. The van der Waals surface area contributed by atoms with E-state index >= 15 is 0 Å². The van der Waals surface area contributed by atoms with Crippen molar-refractivity contribution in [1.82, 2.24) is 0 Å². The van der Waals surface area contributed by atoms with Crippen LogP contribution in [0.2, 0.25) is 0 Å². The van der Waals surface area contributed by atoms with Crippen LogP contribution in [0, 0.1) is 0 Å². The maximum atomic E-state index is 12.4. The summed E-state index contributed by atoms with van der Waals surface area (Å²) in [5.41, 5.74) is 0. The molecule has 0 atom stereocenters. The van der Waals surface area contributed by atoms with Gasteiger partial charge in [-0.1, -0.05) is 0 Å². The molecule has 0 bridgehead atoms. The van der Waals surface area contributed by atoms with Gasteiger partial charge in [-0.2, -0.15) is 0 Å². The molecule has 0 amide bonds. The van der Waals surface area contributed by atoms with Crippen molar-refractivity contribution in [3.8, 4) is 0 Å². The Balaban J connectivity index is 2.58. The first kappa shape index (κ1) is 7.33. The fraction of sp³-hybridized carbons (Fsp3) is 1.00. The first-order chi connectivity index (χ1) is 3.97. The Labute approximate surface area is 52.7 Å². The molecule has 0 spiro atoms. The van der Waals surface area contributed by atoms with Crippen molar-refractivity contribution in [2.24, 2.45) is 0 Å². The molecule has 0 unspecified atom stereocenters. The van der Waals surface area contributed by atoms with Crippen LogP contribution in [-0.4, -0.2) is 12.3 Å². The molecule has 1 rings (SSSR count). The second-order valence-corrected chi connectivity index (χ2v) is 5.80. The summed E-state index contributed by atoms with van der Waals surface area (Å²) in [6, 6.07) is 0. The first-order valence-corrected chi connectivity index (χ1v) is 5.42. The van der Waals surface area contributed by atoms with E-state index in [0.717, 1.165) is 6.42 Å². The molecule has 4 heteroatoms. The van der Waals surface area contributed by atoms with Gasteiger partial charge in [-0.3, -0.25) is 0 Å². The molecule has 0 aromatic rings. The van der Waals surface area contributed by atoms with Crippen molar-refractivity contribution in [2.45, 2.75) is 19.3 Å². The van der Waals surface area contributed by atoms with Crippen LogP contribution in [0.5, 0.6) is 0 Å². The van der Waals surface area contributed by atoms with E-state index in [2.05, 4.69) is 0 Å². The van der Waals surface area contributed by atoms with Crippen LogP contribution in [0.15, 0.2) is 0 Å². The van der Waals surface area contributed by atoms with Crippen molar-refractivity contribution in [3.63, 3.8) is 0 Å². The Morgan fingerprint density at radius 2 is 1.22 bits per heavy atom. The summed E-state index contributed by atoms with van der Waals surface area (Å²) in [4.78, 5) is 0. The van der Waals surface area contributed by atoms with Crippen molar-refractivity contribution in [2.75, 3.05) is 12.3 Å². The molecule has 0 N–H and O–H groups in total. The Kier molecular flexibility index (Phi) is 1.51. The molecule has 0 aromatic carbocycles. The Morgan fingerprint density at radius 3 is 1.44 bits per heavy atom. The molecular weight excluding hydrogens is 148 g/mol. The Hall–Kier alpha value is 0.220. The van der Waals surface area contributed by atoms with E-state index < -0.39 is 19.9 Å². The topological polar surface area (TPSA) is 0 Å². The number of hydrogen-bond donors (Lipinski definition) is 0. The minimum atomic E-state index is -5.54. The molecule has 1 fully saturated rings. The molecular formula is C5H10F3P. The SMILES string of the molecule is FP1(F)(F)CCCCC1. The van der Waals surface area contributed by atoms with Gasteiger partial charge in [0.05, 0.1) is 0 Å². The third kappa shape index (κ3) is 2.13. The van der Waals surface area contributed by atoms with Gasteiger partial charge in [-0.25, -0.2) is 0 Å². The number of rotatable bonds is 0. The van der Waals surface area contributed by atoms with E-state index in [4.69, 9.17) is 0 Å². The average molecular weight is 158 g/mol. The normalized spacial score (nSPS) is 36.6. The maximum absolute atomic E-state index is 12.4. The summed E-state index contributed by atoms with van der Waals surface area (Å²) in [6.45, 7) is 0. The summed E-state index contributed by atoms with van der Waals surface area (Å²) in [5, 5.41) is 0. The van der Waals surface area contributed by atoms with Crippen LogP contribution in [0.3, 0.4) is 0 Å². The van der Waals surface area contributed by atoms with Gasteiger partial charge in [-0.15, -0.1) is 0 Å². The molecule has 56 valence electrons. The van der Waals surface area contributed by atoms with Crippen molar-refractivity contribution < 1.29 is 12.6 Å². The molecule has 1 aliphatic heterocycles. The quantitative estimate of drug-likeness (QED) is 0.474. The Morgan fingerprint density at radius 1 is 0.778 bits per heavy atom. The van der Waals surface area contributed by atoms with Crippen LogP contribution >= 0.6 is 7.54 Å². The predicted octanol–water partition coefficient (Wildman–Crippen LogP) is 3.38. The van der Waals surface area contributed by atoms with Gasteiger partial charge >= 0.3 is 51.7 Å². The third-order valence-corrected chi connectivity index (χ3v) is 3.92. The van der Waals surface area contributed by atoms with E-state index in [0.29, 0.717) is 12.8 Å². The minimum absolute atomic E-state index is 0.376. The summed E-state index contributed by atoms with van der Waals surface area (Å²) in [6.07, 6.45) is 0.621. The van der Waals surface area contributed by atoms with E-state index in [1.165, 1.54) is 0 Å². The standard InChI is InChI=1S/C5H10F3P/c6-9(7,8)4-2-1-3-5-9/h1-5H2. The van der Waals surface area contributed by atoms with Gasteiger partial charge in [0.2, 0.25) is 0 Å². The van der Waals surface area contributed by atoms with Gasteiger partial charge < -0.3 is 0 Å². The average Bonchev–Trinajstić information content (AvgIpc) is 1.62. The molecule has 0 saturated carbocycles. The zero-order chi connectivity index (χ0) is 6.98. The second-order valence-electron chi connectivity index (χ2n) is 2.64. The van der Waals surface area contributed by atoms with Crippen LogP contribution < -0.4 is 0 Å². The summed E-state index contributed by atoms with van der Waals surface area (Å²) >= 11 is 0. The van der Waals surface area contributed by atoms with Crippen molar-refractivity contribution in [3.05, 3.63) is 0 Å². The van der Waals surface area contributed by atoms with Crippen molar-refractivity contribution >= 4 is 7.54 Å². The summed E-state index contributed by atoms with van der Waals surface area (Å²) in [7, 11) is -5.54. The van der Waals surface area contributed by atoms with Crippen LogP contribution in [0.1, 0.15) is 19.3 Å². The number of hydrogen-bond acceptors (Lipinski definition) is 0. The fourth-order valence-corrected chi connectivity index (χ4v) is 2.93. The molecule has 0 aliphatic carbocycles. The van der Waals surface area contributed by atoms with Gasteiger partial charge in [0.1, 0.15) is 0 Å². The zero-order valence-corrected chi connectivity index (χ0v) is 6.01. The molecule has 1 saturated heterocycles.